The third kappa shape index (κ3) is 1.89. The molecule has 0 radical (unpaired) electrons. The fourth-order valence-corrected chi connectivity index (χ4v) is 1.52. The van der Waals surface area contributed by atoms with Gasteiger partial charge in [-0.15, -0.1) is 0 Å². The molecule has 0 unspecified atom stereocenters. The van der Waals surface area contributed by atoms with Crippen LogP contribution in [0.5, 0.6) is 0 Å². The average molecular weight is 183 g/mol. The van der Waals surface area contributed by atoms with E-state index < -0.39 is 0 Å². The maximum Gasteiger partial charge on any atom is 0.0755 e. The summed E-state index contributed by atoms with van der Waals surface area (Å²) in [5.74, 6) is 0. The molecule has 0 aliphatic rings. The highest BCUT2D eigenvalue weighted by molar-refractivity contribution is 6.27. The molecule has 1 heteroatoms. The van der Waals surface area contributed by atoms with Crippen molar-refractivity contribution in [1.82, 2.24) is 0 Å². The lowest BCUT2D eigenvalue weighted by Gasteiger charge is -2.06. The Labute approximate surface area is 81.7 Å². The van der Waals surface area contributed by atoms with Crippen molar-refractivity contribution >= 4 is 17.7 Å². The summed E-state index contributed by atoms with van der Waals surface area (Å²) < 4.78 is 14.9. The van der Waals surface area contributed by atoms with Crippen LogP contribution >= 0.6 is 11.6 Å². The molecule has 0 fully saturated rings. The van der Waals surface area contributed by atoms with E-state index in [1.54, 1.807) is 0 Å². The zero-order chi connectivity index (χ0) is 10.9. The van der Waals surface area contributed by atoms with Crippen LogP contribution in [0.2, 0.25) is 0 Å². The average Bonchev–Trinajstić information content (AvgIpc) is 2.01. The molecule has 64 valence electrons. The first-order valence-electron chi connectivity index (χ1n) is 4.84. The van der Waals surface area contributed by atoms with Gasteiger partial charge in [0.1, 0.15) is 0 Å². The fourth-order valence-electron chi connectivity index (χ4n) is 1.42. The van der Waals surface area contributed by atoms with Gasteiger partial charge in [-0.25, -0.2) is 0 Å². The standard InChI is InChI=1S/C11H13Cl/c1-8-6-9(2)11(4-5-12)10(3)7-8/h4-7H,1-3H3/b5-4-/i4D,5D. The van der Waals surface area contributed by atoms with Gasteiger partial charge in [-0.3, -0.25) is 0 Å². The summed E-state index contributed by atoms with van der Waals surface area (Å²) in [5.41, 5.74) is 3.73. The summed E-state index contributed by atoms with van der Waals surface area (Å²) in [5, 5.41) is 0. The van der Waals surface area contributed by atoms with E-state index in [9.17, 15) is 0 Å². The van der Waals surface area contributed by atoms with Crippen LogP contribution in [0.25, 0.3) is 6.05 Å². The first-order valence-corrected chi connectivity index (χ1v) is 4.22. The van der Waals surface area contributed by atoms with E-state index in [1.165, 1.54) is 0 Å². The number of benzene rings is 1. The summed E-state index contributed by atoms with van der Waals surface area (Å²) in [6.45, 7) is 5.88. The van der Waals surface area contributed by atoms with Crippen LogP contribution in [0, 0.1) is 20.8 Å². The molecular weight excluding hydrogens is 168 g/mol. The van der Waals surface area contributed by atoms with Crippen LogP contribution < -0.4 is 0 Å². The molecule has 0 heterocycles. The molecule has 0 bridgehead atoms. The second-order valence-corrected chi connectivity index (χ2v) is 3.18. The molecule has 0 aliphatic carbocycles. The van der Waals surface area contributed by atoms with Crippen LogP contribution in [0.4, 0.5) is 0 Å². The van der Waals surface area contributed by atoms with E-state index >= 15 is 0 Å². The van der Waals surface area contributed by atoms with Gasteiger partial charge >= 0.3 is 0 Å². The Hall–Kier alpha value is -0.750. The van der Waals surface area contributed by atoms with Crippen molar-refractivity contribution in [2.24, 2.45) is 0 Å². The highest BCUT2D eigenvalue weighted by Crippen LogP contribution is 2.17. The normalized spacial score (nSPS) is 15.0. The molecule has 0 saturated heterocycles. The summed E-state index contributed by atoms with van der Waals surface area (Å²) in [6.07, 6.45) is 0. The van der Waals surface area contributed by atoms with Crippen molar-refractivity contribution < 1.29 is 2.74 Å². The van der Waals surface area contributed by atoms with Crippen molar-refractivity contribution in [2.45, 2.75) is 20.8 Å². The highest BCUT2D eigenvalue weighted by Gasteiger charge is 1.98. The molecule has 1 aromatic carbocycles. The van der Waals surface area contributed by atoms with Crippen molar-refractivity contribution in [2.75, 3.05) is 0 Å². The highest BCUT2D eigenvalue weighted by atomic mass is 35.5. The lowest BCUT2D eigenvalue weighted by molar-refractivity contribution is 1.30. The fraction of sp³-hybridized carbons (Fsp3) is 0.273. The predicted octanol–water partition coefficient (Wildman–Crippen LogP) is 3.82. The van der Waals surface area contributed by atoms with Gasteiger partial charge in [0, 0.05) is 5.51 Å². The lowest BCUT2D eigenvalue weighted by atomic mass is 10.0. The van der Waals surface area contributed by atoms with E-state index in [2.05, 4.69) is 0 Å². The van der Waals surface area contributed by atoms with Crippen LogP contribution in [0.1, 0.15) is 25.0 Å². The van der Waals surface area contributed by atoms with E-state index in [0.29, 0.717) is 0 Å². The Balaban J connectivity index is 3.43. The SMILES string of the molecule is [2H]/C(Cl)=C(\[2H])c1c(C)cc(C)cc1C. The van der Waals surface area contributed by atoms with Gasteiger partial charge in [0.05, 0.1) is 2.74 Å². The zero-order valence-electron chi connectivity index (χ0n) is 9.53. The van der Waals surface area contributed by atoms with Crippen LogP contribution in [0.3, 0.4) is 0 Å². The van der Waals surface area contributed by atoms with Crippen LogP contribution in [-0.4, -0.2) is 0 Å². The Morgan fingerprint density at radius 1 is 1.25 bits per heavy atom. The van der Waals surface area contributed by atoms with Crippen molar-refractivity contribution in [3.05, 3.63) is 39.9 Å². The molecule has 0 aromatic heterocycles. The Morgan fingerprint density at radius 3 is 2.17 bits per heavy atom. The van der Waals surface area contributed by atoms with Crippen molar-refractivity contribution in [1.29, 1.82) is 0 Å². The smallest absolute Gasteiger partial charge is 0.0755 e. The monoisotopic (exact) mass is 182 g/mol. The second-order valence-electron chi connectivity index (χ2n) is 2.99. The Kier molecular flexibility index (Phi) is 2.12. The minimum Gasteiger partial charge on any atom is -0.0929 e. The Morgan fingerprint density at radius 2 is 1.75 bits per heavy atom. The van der Waals surface area contributed by atoms with E-state index in [4.69, 9.17) is 14.3 Å². The number of halogens is 1. The summed E-state index contributed by atoms with van der Waals surface area (Å²) in [7, 11) is 0. The van der Waals surface area contributed by atoms with Crippen molar-refractivity contribution in [3.8, 4) is 0 Å². The summed E-state index contributed by atoms with van der Waals surface area (Å²) in [6, 6.07) is 4.09. The molecule has 0 aliphatic heterocycles. The second kappa shape index (κ2) is 3.77. The molecule has 0 spiro atoms. The van der Waals surface area contributed by atoms with Gasteiger partial charge in [0.15, 0.2) is 0 Å². The largest absolute Gasteiger partial charge is 0.0929 e. The topological polar surface area (TPSA) is 0 Å². The minimum absolute atomic E-state index is 0.0988. The quantitative estimate of drug-likeness (QED) is 0.620. The minimum atomic E-state index is -0.208. The molecule has 0 atom stereocenters. The van der Waals surface area contributed by atoms with E-state index in [1.807, 2.05) is 32.9 Å². The third-order valence-corrected chi connectivity index (χ3v) is 1.94. The lowest BCUT2D eigenvalue weighted by Crippen LogP contribution is -1.87. The zero-order valence-corrected chi connectivity index (χ0v) is 8.29. The number of hydrogen-bond acceptors (Lipinski definition) is 0. The number of rotatable bonds is 1. The van der Waals surface area contributed by atoms with Gasteiger partial charge in [-0.1, -0.05) is 29.3 Å². The van der Waals surface area contributed by atoms with E-state index in [0.717, 1.165) is 22.3 Å². The number of aryl methyl sites for hydroxylation is 3. The molecule has 0 N–H and O–H groups in total. The first kappa shape index (κ1) is 6.73. The van der Waals surface area contributed by atoms with Gasteiger partial charge in [0.2, 0.25) is 0 Å². The van der Waals surface area contributed by atoms with Crippen molar-refractivity contribution in [3.63, 3.8) is 0 Å². The van der Waals surface area contributed by atoms with Crippen LogP contribution in [-0.2, 0) is 0 Å². The maximum absolute atomic E-state index is 7.68. The van der Waals surface area contributed by atoms with Gasteiger partial charge in [-0.05, 0) is 43.5 Å². The molecule has 1 rings (SSSR count). The summed E-state index contributed by atoms with van der Waals surface area (Å²) >= 11 is 5.51. The first-order chi connectivity index (χ1) is 6.43. The molecule has 0 saturated carbocycles. The number of hydrogen-bond donors (Lipinski definition) is 0. The Bertz CT molecular complexity index is 367. The van der Waals surface area contributed by atoms with Gasteiger partial charge in [-0.2, -0.15) is 0 Å². The predicted molar refractivity (Wildman–Crippen MR) is 55.5 cm³/mol. The molecule has 1 aromatic rings. The molecule has 12 heavy (non-hydrogen) atoms. The van der Waals surface area contributed by atoms with Gasteiger partial charge < -0.3 is 0 Å². The summed E-state index contributed by atoms with van der Waals surface area (Å²) in [4.78, 5) is 0. The molecular formula is C11H13Cl. The van der Waals surface area contributed by atoms with E-state index in [-0.39, 0.29) is 11.6 Å². The van der Waals surface area contributed by atoms with Gasteiger partial charge in [0.25, 0.3) is 0 Å². The van der Waals surface area contributed by atoms with Crippen LogP contribution in [0.15, 0.2) is 17.6 Å². The molecule has 0 nitrogen and oxygen atoms in total. The third-order valence-electron chi connectivity index (χ3n) is 1.85. The maximum atomic E-state index is 7.68. The molecule has 0 amide bonds.